The summed E-state index contributed by atoms with van der Waals surface area (Å²) in [7, 11) is 0. The number of carbonyl (C=O) groups is 1. The molecule has 3 heterocycles. The predicted octanol–water partition coefficient (Wildman–Crippen LogP) is 1.85. The Kier molecular flexibility index (Phi) is 4.52. The highest BCUT2D eigenvalue weighted by atomic mass is 19.1. The molecule has 8 heteroatoms. The van der Waals surface area contributed by atoms with Crippen molar-refractivity contribution >= 4 is 11.8 Å². The first-order valence-corrected chi connectivity index (χ1v) is 7.58. The first kappa shape index (κ1) is 15.4. The molecular formula is C15H19FN6O. The average Bonchev–Trinajstić information content (AvgIpc) is 3.10. The number of carbonyl (C=O) groups excluding carboxylic acids is 1. The molecule has 0 bridgehead atoms. The Bertz CT molecular complexity index is 644. The van der Waals surface area contributed by atoms with Crippen LogP contribution in [0.4, 0.5) is 15.0 Å². The lowest BCUT2D eigenvalue weighted by Crippen LogP contribution is -2.51. The Morgan fingerprint density at radius 3 is 2.96 bits per heavy atom. The summed E-state index contributed by atoms with van der Waals surface area (Å²) in [4.78, 5) is 27.7. The maximum atomic E-state index is 12.9. The number of piperazine rings is 1. The lowest BCUT2D eigenvalue weighted by molar-refractivity contribution is 0.0946. The molecule has 23 heavy (non-hydrogen) atoms. The molecule has 1 fully saturated rings. The molecule has 1 unspecified atom stereocenters. The van der Waals surface area contributed by atoms with E-state index in [0.717, 1.165) is 25.1 Å². The number of aromatic amines is 1. The summed E-state index contributed by atoms with van der Waals surface area (Å²) in [5.41, 5.74) is 0. The van der Waals surface area contributed by atoms with E-state index in [1.807, 2.05) is 0 Å². The van der Waals surface area contributed by atoms with Crippen LogP contribution in [0.3, 0.4) is 0 Å². The van der Waals surface area contributed by atoms with E-state index in [1.165, 1.54) is 12.1 Å². The number of urea groups is 1. The van der Waals surface area contributed by atoms with E-state index in [4.69, 9.17) is 0 Å². The van der Waals surface area contributed by atoms with E-state index in [1.54, 1.807) is 17.3 Å². The highest BCUT2D eigenvalue weighted by molar-refractivity contribution is 5.88. The fourth-order valence-electron chi connectivity index (χ4n) is 2.74. The van der Waals surface area contributed by atoms with Crippen LogP contribution >= 0.6 is 0 Å². The smallest absolute Gasteiger partial charge is 0.323 e. The van der Waals surface area contributed by atoms with Crippen LogP contribution < -0.4 is 5.32 Å². The Balaban J connectivity index is 1.68. The van der Waals surface area contributed by atoms with Crippen LogP contribution in [0.15, 0.2) is 30.7 Å². The molecule has 0 radical (unpaired) electrons. The molecule has 3 rings (SSSR count). The standard InChI is InChI=1S/C15H19FN6O/c1-2-21-7-8-22(10-12(21)14-17-5-6-18-14)15(23)20-13-4-3-11(16)9-19-13/h3-6,9,12H,2,7-8,10H2,1H3,(H,17,18)(H,19,20,23). The van der Waals surface area contributed by atoms with Gasteiger partial charge in [-0.05, 0) is 18.7 Å². The van der Waals surface area contributed by atoms with E-state index >= 15 is 0 Å². The van der Waals surface area contributed by atoms with Crippen LogP contribution in [-0.4, -0.2) is 57.0 Å². The minimum atomic E-state index is -0.433. The predicted molar refractivity (Wildman–Crippen MR) is 83.4 cm³/mol. The molecule has 2 aromatic heterocycles. The minimum Gasteiger partial charge on any atom is -0.347 e. The summed E-state index contributed by atoms with van der Waals surface area (Å²) >= 11 is 0. The third-order valence-electron chi connectivity index (χ3n) is 3.98. The van der Waals surface area contributed by atoms with Gasteiger partial charge in [-0.3, -0.25) is 10.2 Å². The molecule has 2 aromatic rings. The van der Waals surface area contributed by atoms with Crippen LogP contribution in [0.1, 0.15) is 18.8 Å². The third kappa shape index (κ3) is 3.48. The van der Waals surface area contributed by atoms with Gasteiger partial charge >= 0.3 is 6.03 Å². The number of rotatable bonds is 3. The van der Waals surface area contributed by atoms with Crippen molar-refractivity contribution in [3.63, 3.8) is 0 Å². The summed E-state index contributed by atoms with van der Waals surface area (Å²) in [6.07, 6.45) is 4.57. The van der Waals surface area contributed by atoms with Gasteiger partial charge < -0.3 is 9.88 Å². The Morgan fingerprint density at radius 1 is 1.43 bits per heavy atom. The number of anilines is 1. The zero-order valence-corrected chi connectivity index (χ0v) is 12.9. The zero-order chi connectivity index (χ0) is 16.2. The molecule has 122 valence electrons. The second kappa shape index (κ2) is 6.74. The maximum Gasteiger partial charge on any atom is 0.323 e. The van der Waals surface area contributed by atoms with Crippen molar-refractivity contribution in [3.8, 4) is 0 Å². The van der Waals surface area contributed by atoms with Gasteiger partial charge in [0.15, 0.2) is 0 Å². The molecule has 1 aliphatic heterocycles. The summed E-state index contributed by atoms with van der Waals surface area (Å²) in [5.74, 6) is 0.755. The van der Waals surface area contributed by atoms with Gasteiger partial charge in [-0.15, -0.1) is 0 Å². The van der Waals surface area contributed by atoms with Gasteiger partial charge in [-0.1, -0.05) is 6.92 Å². The number of pyridine rings is 1. The number of aromatic nitrogens is 3. The number of amides is 2. The van der Waals surface area contributed by atoms with Gasteiger partial charge in [0.05, 0.1) is 12.2 Å². The Labute approximate surface area is 133 Å². The lowest BCUT2D eigenvalue weighted by Gasteiger charge is -2.39. The first-order valence-electron chi connectivity index (χ1n) is 7.58. The number of H-pyrrole nitrogens is 1. The van der Waals surface area contributed by atoms with Crippen molar-refractivity contribution in [3.05, 3.63) is 42.4 Å². The van der Waals surface area contributed by atoms with Crippen LogP contribution in [0.25, 0.3) is 0 Å². The molecule has 2 N–H and O–H groups in total. The molecular weight excluding hydrogens is 299 g/mol. The molecule has 0 aliphatic carbocycles. The molecule has 2 amide bonds. The fraction of sp³-hybridized carbons (Fsp3) is 0.400. The number of likely N-dealkylation sites (N-methyl/N-ethyl adjacent to an activating group) is 1. The number of nitrogens with zero attached hydrogens (tertiary/aromatic N) is 4. The molecule has 1 saturated heterocycles. The highest BCUT2D eigenvalue weighted by Crippen LogP contribution is 2.22. The largest absolute Gasteiger partial charge is 0.347 e. The highest BCUT2D eigenvalue weighted by Gasteiger charge is 2.31. The molecule has 7 nitrogen and oxygen atoms in total. The van der Waals surface area contributed by atoms with Gasteiger partial charge in [0.25, 0.3) is 0 Å². The summed E-state index contributed by atoms with van der Waals surface area (Å²) in [6.45, 7) is 4.91. The average molecular weight is 318 g/mol. The van der Waals surface area contributed by atoms with E-state index in [0.29, 0.717) is 18.9 Å². The quantitative estimate of drug-likeness (QED) is 0.905. The normalized spacial score (nSPS) is 18.9. The lowest BCUT2D eigenvalue weighted by atomic mass is 10.1. The topological polar surface area (TPSA) is 77.2 Å². The van der Waals surface area contributed by atoms with E-state index in [2.05, 4.69) is 32.1 Å². The third-order valence-corrected chi connectivity index (χ3v) is 3.98. The van der Waals surface area contributed by atoms with Gasteiger partial charge in [-0.2, -0.15) is 0 Å². The molecule has 0 spiro atoms. The van der Waals surface area contributed by atoms with Crippen molar-refractivity contribution in [1.82, 2.24) is 24.8 Å². The number of imidazole rings is 1. The summed E-state index contributed by atoms with van der Waals surface area (Å²) in [5, 5.41) is 2.70. The van der Waals surface area contributed by atoms with Crippen LogP contribution in [0.2, 0.25) is 0 Å². The second-order valence-corrected chi connectivity index (χ2v) is 5.36. The van der Waals surface area contributed by atoms with Gasteiger partial charge in [0.1, 0.15) is 17.5 Å². The van der Waals surface area contributed by atoms with E-state index < -0.39 is 5.82 Å². The molecule has 1 atom stereocenters. The minimum absolute atomic E-state index is 0.0377. The second-order valence-electron chi connectivity index (χ2n) is 5.36. The Hall–Kier alpha value is -2.48. The van der Waals surface area contributed by atoms with Crippen molar-refractivity contribution in [2.45, 2.75) is 13.0 Å². The summed E-state index contributed by atoms with van der Waals surface area (Å²) < 4.78 is 12.9. The summed E-state index contributed by atoms with van der Waals surface area (Å²) in [6, 6.07) is 2.51. The zero-order valence-electron chi connectivity index (χ0n) is 12.9. The molecule has 0 aromatic carbocycles. The van der Waals surface area contributed by atoms with Gasteiger partial charge in [0, 0.05) is 32.0 Å². The van der Waals surface area contributed by atoms with Gasteiger partial charge in [0.2, 0.25) is 0 Å². The van der Waals surface area contributed by atoms with Crippen molar-refractivity contribution in [1.29, 1.82) is 0 Å². The molecule has 0 saturated carbocycles. The number of nitrogens with one attached hydrogen (secondary N) is 2. The SMILES string of the molecule is CCN1CCN(C(=O)Nc2ccc(F)cn2)CC1c1ncc[nH]1. The fourth-order valence-corrected chi connectivity index (χ4v) is 2.74. The van der Waals surface area contributed by atoms with Gasteiger partial charge in [-0.25, -0.2) is 19.2 Å². The van der Waals surface area contributed by atoms with Crippen molar-refractivity contribution in [2.24, 2.45) is 0 Å². The number of halogens is 1. The van der Waals surface area contributed by atoms with E-state index in [9.17, 15) is 9.18 Å². The number of hydrogen-bond donors (Lipinski definition) is 2. The van der Waals surface area contributed by atoms with Crippen LogP contribution in [0.5, 0.6) is 0 Å². The molecule has 1 aliphatic rings. The monoisotopic (exact) mass is 318 g/mol. The van der Waals surface area contributed by atoms with Crippen LogP contribution in [0, 0.1) is 5.82 Å². The Morgan fingerprint density at radius 2 is 2.30 bits per heavy atom. The first-order chi connectivity index (χ1) is 11.2. The maximum absolute atomic E-state index is 12.9. The number of hydrogen-bond acceptors (Lipinski definition) is 4. The van der Waals surface area contributed by atoms with E-state index in [-0.39, 0.29) is 12.1 Å². The van der Waals surface area contributed by atoms with Crippen molar-refractivity contribution < 1.29 is 9.18 Å². The van der Waals surface area contributed by atoms with Crippen LogP contribution in [-0.2, 0) is 0 Å². The van der Waals surface area contributed by atoms with Crippen molar-refractivity contribution in [2.75, 3.05) is 31.5 Å².